The Labute approximate surface area is 101 Å². The summed E-state index contributed by atoms with van der Waals surface area (Å²) in [6, 6.07) is 3.93. The average Bonchev–Trinajstić information content (AvgIpc) is 2.79. The molecule has 1 saturated heterocycles. The lowest BCUT2D eigenvalue weighted by Crippen LogP contribution is -2.25. The van der Waals surface area contributed by atoms with Crippen LogP contribution in [0.15, 0.2) is 18.3 Å². The van der Waals surface area contributed by atoms with E-state index >= 15 is 0 Å². The summed E-state index contributed by atoms with van der Waals surface area (Å²) in [7, 11) is 0. The highest BCUT2D eigenvalue weighted by Crippen LogP contribution is 2.15. The lowest BCUT2D eigenvalue weighted by atomic mass is 10.1. The topological polar surface area (TPSA) is 51.2 Å². The molecule has 1 N–H and O–H groups in total. The van der Waals surface area contributed by atoms with Crippen molar-refractivity contribution in [3.05, 3.63) is 29.6 Å². The largest absolute Gasteiger partial charge is 0.381 e. The Hall–Kier alpha value is -1.42. The van der Waals surface area contributed by atoms with Crippen LogP contribution in [0.3, 0.4) is 0 Å². The van der Waals surface area contributed by atoms with Crippen LogP contribution in [-0.4, -0.2) is 24.1 Å². The fraction of sp³-hybridized carbons (Fsp3) is 0.538. The van der Waals surface area contributed by atoms with Crippen molar-refractivity contribution in [2.45, 2.75) is 26.3 Å². The maximum absolute atomic E-state index is 11.7. The summed E-state index contributed by atoms with van der Waals surface area (Å²) in [4.78, 5) is 15.9. The highest BCUT2D eigenvalue weighted by Gasteiger charge is 2.18. The molecule has 17 heavy (non-hydrogen) atoms. The molecule has 1 aromatic rings. The predicted octanol–water partition coefficient (Wildman–Crippen LogP) is 1.43. The summed E-state index contributed by atoms with van der Waals surface area (Å²) in [6.07, 6.45) is 3.32. The van der Waals surface area contributed by atoms with Crippen LogP contribution in [0.1, 0.15) is 24.1 Å². The summed E-state index contributed by atoms with van der Waals surface area (Å²) in [5.41, 5.74) is 2.06. The average molecular weight is 234 g/mol. The van der Waals surface area contributed by atoms with Crippen molar-refractivity contribution in [3.8, 4) is 0 Å². The molecule has 0 aliphatic carbocycles. The Balaban J connectivity index is 1.75. The van der Waals surface area contributed by atoms with Gasteiger partial charge >= 0.3 is 0 Å². The second-order valence-corrected chi connectivity index (χ2v) is 4.53. The van der Waals surface area contributed by atoms with E-state index in [9.17, 15) is 4.79 Å². The Morgan fingerprint density at radius 1 is 1.65 bits per heavy atom. The van der Waals surface area contributed by atoms with Crippen LogP contribution in [0.25, 0.3) is 0 Å². The van der Waals surface area contributed by atoms with Crippen molar-refractivity contribution in [2.24, 2.45) is 5.92 Å². The number of nitrogens with one attached hydrogen (secondary N) is 1. The molecule has 0 radical (unpaired) electrons. The minimum absolute atomic E-state index is 0.0869. The predicted molar refractivity (Wildman–Crippen MR) is 64.4 cm³/mol. The molecule has 1 atom stereocenters. The number of hydrogen-bond acceptors (Lipinski definition) is 3. The summed E-state index contributed by atoms with van der Waals surface area (Å²) in [5, 5.41) is 2.90. The van der Waals surface area contributed by atoms with Gasteiger partial charge in [-0.2, -0.15) is 0 Å². The van der Waals surface area contributed by atoms with Gasteiger partial charge in [-0.1, -0.05) is 0 Å². The molecule has 4 nitrogen and oxygen atoms in total. The summed E-state index contributed by atoms with van der Waals surface area (Å²) in [6.45, 7) is 4.03. The molecule has 1 aliphatic rings. The van der Waals surface area contributed by atoms with Crippen molar-refractivity contribution in [2.75, 3.05) is 13.2 Å². The Morgan fingerprint density at radius 3 is 3.24 bits per heavy atom. The molecule has 1 amide bonds. The van der Waals surface area contributed by atoms with Crippen LogP contribution >= 0.6 is 0 Å². The molecule has 92 valence electrons. The van der Waals surface area contributed by atoms with Crippen molar-refractivity contribution in [1.29, 1.82) is 0 Å². The third-order valence-electron chi connectivity index (χ3n) is 2.94. The fourth-order valence-electron chi connectivity index (χ4n) is 1.96. The molecule has 0 aromatic carbocycles. The third kappa shape index (κ3) is 3.82. The third-order valence-corrected chi connectivity index (χ3v) is 2.94. The van der Waals surface area contributed by atoms with Crippen molar-refractivity contribution < 1.29 is 9.53 Å². The van der Waals surface area contributed by atoms with E-state index in [0.29, 0.717) is 18.9 Å². The monoisotopic (exact) mass is 234 g/mol. The van der Waals surface area contributed by atoms with Gasteiger partial charge in [-0.25, -0.2) is 0 Å². The number of aromatic nitrogens is 1. The van der Waals surface area contributed by atoms with Crippen LogP contribution in [0.5, 0.6) is 0 Å². The number of carbonyl (C=O) groups excluding carboxylic acids is 1. The molecule has 1 unspecified atom stereocenters. The second kappa shape index (κ2) is 5.77. The van der Waals surface area contributed by atoms with Crippen molar-refractivity contribution >= 4 is 5.91 Å². The van der Waals surface area contributed by atoms with E-state index in [4.69, 9.17) is 4.74 Å². The smallest absolute Gasteiger partial charge is 0.220 e. The van der Waals surface area contributed by atoms with Crippen molar-refractivity contribution in [1.82, 2.24) is 10.3 Å². The van der Waals surface area contributed by atoms with Crippen LogP contribution in [0.4, 0.5) is 0 Å². The normalized spacial score (nSPS) is 19.2. The maximum Gasteiger partial charge on any atom is 0.220 e. The number of carbonyl (C=O) groups is 1. The quantitative estimate of drug-likeness (QED) is 0.857. The van der Waals surface area contributed by atoms with Gasteiger partial charge in [0.2, 0.25) is 5.91 Å². The molecule has 0 saturated carbocycles. The van der Waals surface area contributed by atoms with Gasteiger partial charge in [-0.15, -0.1) is 0 Å². The lowest BCUT2D eigenvalue weighted by molar-refractivity contribution is -0.122. The standard InChI is InChI=1S/C13H18N2O2/c1-10-2-4-14-12(6-10)8-15-13(16)7-11-3-5-17-9-11/h2,4,6,11H,3,5,7-9H2,1H3,(H,15,16). The summed E-state index contributed by atoms with van der Waals surface area (Å²) >= 11 is 0. The SMILES string of the molecule is Cc1ccnc(CNC(=O)CC2CCOC2)c1. The Morgan fingerprint density at radius 2 is 2.53 bits per heavy atom. The molecule has 1 aliphatic heterocycles. The molecule has 1 aromatic heterocycles. The van der Waals surface area contributed by atoms with E-state index < -0.39 is 0 Å². The molecule has 4 heteroatoms. The van der Waals surface area contributed by atoms with E-state index in [2.05, 4.69) is 10.3 Å². The van der Waals surface area contributed by atoms with Gasteiger partial charge in [0, 0.05) is 25.8 Å². The number of aryl methyl sites for hydroxylation is 1. The van der Waals surface area contributed by atoms with Gasteiger partial charge in [0.15, 0.2) is 0 Å². The van der Waals surface area contributed by atoms with Gasteiger partial charge in [0.05, 0.1) is 12.2 Å². The first-order valence-corrected chi connectivity index (χ1v) is 6.00. The van der Waals surface area contributed by atoms with Crippen LogP contribution < -0.4 is 5.32 Å². The molecular weight excluding hydrogens is 216 g/mol. The van der Waals surface area contributed by atoms with Crippen LogP contribution in [0, 0.1) is 12.8 Å². The summed E-state index contributed by atoms with van der Waals surface area (Å²) in [5.74, 6) is 0.476. The first-order chi connectivity index (χ1) is 8.24. The number of nitrogens with zero attached hydrogens (tertiary/aromatic N) is 1. The second-order valence-electron chi connectivity index (χ2n) is 4.53. The summed E-state index contributed by atoms with van der Waals surface area (Å²) < 4.78 is 5.24. The Bertz CT molecular complexity index is 387. The Kier molecular flexibility index (Phi) is 4.09. The van der Waals surface area contributed by atoms with E-state index in [1.165, 1.54) is 0 Å². The zero-order chi connectivity index (χ0) is 12.1. The highest BCUT2D eigenvalue weighted by molar-refractivity contribution is 5.76. The van der Waals surface area contributed by atoms with Crippen LogP contribution in [0.2, 0.25) is 0 Å². The number of amides is 1. The molecule has 0 bridgehead atoms. The molecule has 2 heterocycles. The molecular formula is C13H18N2O2. The molecule has 2 rings (SSSR count). The number of rotatable bonds is 4. The van der Waals surface area contributed by atoms with Gasteiger partial charge in [-0.05, 0) is 37.0 Å². The highest BCUT2D eigenvalue weighted by atomic mass is 16.5. The first-order valence-electron chi connectivity index (χ1n) is 6.00. The zero-order valence-corrected chi connectivity index (χ0v) is 10.1. The van der Waals surface area contributed by atoms with Gasteiger partial charge < -0.3 is 10.1 Å². The minimum Gasteiger partial charge on any atom is -0.381 e. The van der Waals surface area contributed by atoms with Gasteiger partial charge in [-0.3, -0.25) is 9.78 Å². The maximum atomic E-state index is 11.7. The number of hydrogen-bond donors (Lipinski definition) is 1. The minimum atomic E-state index is 0.0869. The van der Waals surface area contributed by atoms with E-state index in [1.54, 1.807) is 6.20 Å². The molecule has 0 spiro atoms. The first kappa shape index (κ1) is 12.0. The lowest BCUT2D eigenvalue weighted by Gasteiger charge is -2.08. The molecule has 1 fully saturated rings. The zero-order valence-electron chi connectivity index (χ0n) is 10.1. The van der Waals surface area contributed by atoms with Crippen molar-refractivity contribution in [3.63, 3.8) is 0 Å². The van der Waals surface area contributed by atoms with E-state index in [1.807, 2.05) is 19.1 Å². The van der Waals surface area contributed by atoms with Gasteiger partial charge in [0.25, 0.3) is 0 Å². The van der Waals surface area contributed by atoms with Gasteiger partial charge in [0.1, 0.15) is 0 Å². The fourth-order valence-corrected chi connectivity index (χ4v) is 1.96. The number of pyridine rings is 1. The van der Waals surface area contributed by atoms with E-state index in [0.717, 1.165) is 30.9 Å². The number of ether oxygens (including phenoxy) is 1. The van der Waals surface area contributed by atoms with Crippen LogP contribution in [-0.2, 0) is 16.1 Å². The van der Waals surface area contributed by atoms with E-state index in [-0.39, 0.29) is 5.91 Å².